The summed E-state index contributed by atoms with van der Waals surface area (Å²) < 4.78 is 0. The second kappa shape index (κ2) is 4.53. The van der Waals surface area contributed by atoms with Crippen molar-refractivity contribution in [1.29, 1.82) is 0 Å². The van der Waals surface area contributed by atoms with Crippen LogP contribution in [0, 0.1) is 0 Å². The molecule has 20 heavy (non-hydrogen) atoms. The number of nitrogens with one attached hydrogen (secondary N) is 1. The molecule has 0 bridgehead atoms. The van der Waals surface area contributed by atoms with Gasteiger partial charge in [-0.1, -0.05) is 12.8 Å². The Hall–Kier alpha value is -1.99. The summed E-state index contributed by atoms with van der Waals surface area (Å²) in [5, 5.41) is 14.7. The topological polar surface area (TPSA) is 93.0 Å². The summed E-state index contributed by atoms with van der Waals surface area (Å²) in [5.74, 6) is 0.334. The molecule has 1 saturated carbocycles. The van der Waals surface area contributed by atoms with Crippen molar-refractivity contribution >= 4 is 11.8 Å². The lowest BCUT2D eigenvalue weighted by molar-refractivity contribution is -0.155. The van der Waals surface area contributed by atoms with E-state index < -0.39 is 11.6 Å². The minimum atomic E-state index is -0.703. The molecular weight excluding hydrogens is 260 g/mol. The fraction of sp³-hybridized carbons (Fsp3) is 0.750. The van der Waals surface area contributed by atoms with E-state index in [2.05, 4.69) is 20.7 Å². The predicted molar refractivity (Wildman–Crippen MR) is 68.2 cm³/mol. The monoisotopic (exact) mass is 278 g/mol. The van der Waals surface area contributed by atoms with Gasteiger partial charge in [-0.25, -0.2) is 0 Å². The first kappa shape index (κ1) is 13.0. The molecule has 0 aromatic carbocycles. The maximum Gasteiger partial charge on any atom is 0.249 e. The zero-order chi connectivity index (χ0) is 14.3. The molecule has 2 aliphatic rings. The van der Waals surface area contributed by atoms with Gasteiger partial charge in [-0.05, 0) is 25.0 Å². The summed E-state index contributed by atoms with van der Waals surface area (Å²) in [4.78, 5) is 27.8. The molecule has 1 unspecified atom stereocenters. The van der Waals surface area contributed by atoms with Gasteiger partial charge in [0.1, 0.15) is 11.6 Å². The summed E-state index contributed by atoms with van der Waals surface area (Å²) in [5.41, 5.74) is -0.703. The smallest absolute Gasteiger partial charge is 0.249 e. The number of carbonyl (C=O) groups excluding carboxylic acids is 2. The van der Waals surface area contributed by atoms with E-state index in [4.69, 9.17) is 0 Å². The van der Waals surface area contributed by atoms with Crippen LogP contribution in [0.25, 0.3) is 0 Å². The third-order valence-corrected chi connectivity index (χ3v) is 4.20. The fourth-order valence-corrected chi connectivity index (χ4v) is 3.05. The number of rotatable bonds is 2. The number of amides is 2. The molecule has 1 atom stereocenters. The van der Waals surface area contributed by atoms with Crippen LogP contribution < -0.4 is 5.32 Å². The standard InChI is InChI=1S/C12H18N6O2/c1-8-10(19)13-12(5-3-4-6-12)11(20)18(8)7-9-14-16-17(2)15-9/h8H,3-7H2,1-2H3,(H,13,19). The summed E-state index contributed by atoms with van der Waals surface area (Å²) >= 11 is 0. The molecule has 1 spiro atoms. The molecule has 8 nitrogen and oxygen atoms in total. The lowest BCUT2D eigenvalue weighted by atomic mass is 9.91. The largest absolute Gasteiger partial charge is 0.340 e. The highest BCUT2D eigenvalue weighted by Gasteiger charge is 2.51. The van der Waals surface area contributed by atoms with Gasteiger partial charge in [-0.3, -0.25) is 9.59 Å². The Kier molecular flexibility index (Phi) is 2.95. The summed E-state index contributed by atoms with van der Waals surface area (Å²) in [7, 11) is 1.67. The van der Waals surface area contributed by atoms with E-state index in [1.54, 1.807) is 18.9 Å². The Morgan fingerprint density at radius 3 is 2.65 bits per heavy atom. The Balaban J connectivity index is 1.86. The van der Waals surface area contributed by atoms with Crippen LogP contribution in [0.5, 0.6) is 0 Å². The third-order valence-electron chi connectivity index (χ3n) is 4.20. The lowest BCUT2D eigenvalue weighted by Crippen LogP contribution is -2.68. The van der Waals surface area contributed by atoms with Crippen molar-refractivity contribution in [3.8, 4) is 0 Å². The highest BCUT2D eigenvalue weighted by molar-refractivity contribution is 5.99. The molecular formula is C12H18N6O2. The molecule has 1 aliphatic carbocycles. The van der Waals surface area contributed by atoms with Crippen LogP contribution in [0.15, 0.2) is 0 Å². The summed E-state index contributed by atoms with van der Waals surface area (Å²) in [6.45, 7) is 1.95. The quantitative estimate of drug-likeness (QED) is 0.777. The van der Waals surface area contributed by atoms with Crippen molar-refractivity contribution in [2.45, 2.75) is 50.7 Å². The average molecular weight is 278 g/mol. The number of aromatic nitrogens is 4. The van der Waals surface area contributed by atoms with Crippen LogP contribution in [0.2, 0.25) is 0 Å². The lowest BCUT2D eigenvalue weighted by Gasteiger charge is -2.42. The number of piperazine rings is 1. The predicted octanol–water partition coefficient (Wildman–Crippen LogP) is -0.630. The van der Waals surface area contributed by atoms with Crippen molar-refractivity contribution < 1.29 is 9.59 Å². The van der Waals surface area contributed by atoms with Crippen LogP contribution in [-0.2, 0) is 23.2 Å². The van der Waals surface area contributed by atoms with Gasteiger partial charge >= 0.3 is 0 Å². The molecule has 2 fully saturated rings. The van der Waals surface area contributed by atoms with Crippen molar-refractivity contribution in [1.82, 2.24) is 30.4 Å². The van der Waals surface area contributed by atoms with Gasteiger partial charge in [0.15, 0.2) is 5.82 Å². The number of nitrogens with zero attached hydrogens (tertiary/aromatic N) is 5. The molecule has 1 N–H and O–H groups in total. The van der Waals surface area contributed by atoms with E-state index in [9.17, 15) is 9.59 Å². The molecule has 2 amide bonds. The Bertz CT molecular complexity index is 548. The van der Waals surface area contributed by atoms with Crippen LogP contribution in [-0.4, -0.2) is 48.5 Å². The van der Waals surface area contributed by atoms with Crippen LogP contribution in [0.1, 0.15) is 38.4 Å². The molecule has 1 aromatic heterocycles. The highest BCUT2D eigenvalue weighted by Crippen LogP contribution is 2.34. The molecule has 1 aliphatic heterocycles. The Labute approximate surface area is 116 Å². The van der Waals surface area contributed by atoms with Gasteiger partial charge < -0.3 is 10.2 Å². The summed E-state index contributed by atoms with van der Waals surface area (Å²) in [6.07, 6.45) is 3.37. The molecule has 2 heterocycles. The molecule has 8 heteroatoms. The number of hydrogen-bond acceptors (Lipinski definition) is 5. The van der Waals surface area contributed by atoms with Crippen LogP contribution >= 0.6 is 0 Å². The maximum atomic E-state index is 12.7. The molecule has 108 valence electrons. The van der Waals surface area contributed by atoms with Gasteiger partial charge in [0, 0.05) is 0 Å². The second-order valence-electron chi connectivity index (χ2n) is 5.58. The van der Waals surface area contributed by atoms with Crippen molar-refractivity contribution in [3.63, 3.8) is 0 Å². The first-order chi connectivity index (χ1) is 9.52. The van der Waals surface area contributed by atoms with Gasteiger partial charge in [0.2, 0.25) is 11.8 Å². The minimum absolute atomic E-state index is 0.0189. The second-order valence-corrected chi connectivity index (χ2v) is 5.58. The Morgan fingerprint density at radius 2 is 2.05 bits per heavy atom. The normalized spacial score (nSPS) is 25.3. The van der Waals surface area contributed by atoms with Gasteiger partial charge in [0.05, 0.1) is 13.6 Å². The van der Waals surface area contributed by atoms with Gasteiger partial charge in [-0.15, -0.1) is 10.2 Å². The number of hydrogen-bond donors (Lipinski definition) is 1. The first-order valence-corrected chi connectivity index (χ1v) is 6.88. The number of aryl methyl sites for hydroxylation is 1. The van der Waals surface area contributed by atoms with Crippen molar-refractivity contribution in [2.24, 2.45) is 7.05 Å². The zero-order valence-corrected chi connectivity index (χ0v) is 11.7. The van der Waals surface area contributed by atoms with Gasteiger partial charge in [0.25, 0.3) is 0 Å². The molecule has 1 aromatic rings. The van der Waals surface area contributed by atoms with E-state index in [-0.39, 0.29) is 18.4 Å². The number of carbonyl (C=O) groups is 2. The molecule has 0 radical (unpaired) electrons. The Morgan fingerprint density at radius 1 is 1.35 bits per heavy atom. The van der Waals surface area contributed by atoms with E-state index >= 15 is 0 Å². The highest BCUT2D eigenvalue weighted by atomic mass is 16.2. The van der Waals surface area contributed by atoms with E-state index in [0.717, 1.165) is 12.8 Å². The molecule has 3 rings (SSSR count). The minimum Gasteiger partial charge on any atom is -0.340 e. The first-order valence-electron chi connectivity index (χ1n) is 6.88. The van der Waals surface area contributed by atoms with Gasteiger partial charge in [-0.2, -0.15) is 4.80 Å². The van der Waals surface area contributed by atoms with Crippen LogP contribution in [0.4, 0.5) is 0 Å². The van der Waals surface area contributed by atoms with E-state index in [1.165, 1.54) is 4.80 Å². The SMILES string of the molecule is CC1C(=O)NC2(CCCC2)C(=O)N1Cc1nnn(C)n1. The van der Waals surface area contributed by atoms with Crippen molar-refractivity contribution in [3.05, 3.63) is 5.82 Å². The van der Waals surface area contributed by atoms with Crippen molar-refractivity contribution in [2.75, 3.05) is 0 Å². The van der Waals surface area contributed by atoms with E-state index in [0.29, 0.717) is 18.7 Å². The molecule has 1 saturated heterocycles. The number of tetrazole rings is 1. The fourth-order valence-electron chi connectivity index (χ4n) is 3.05. The summed E-state index contributed by atoms with van der Waals surface area (Å²) in [6, 6.07) is -0.502. The third kappa shape index (κ3) is 1.95. The average Bonchev–Trinajstić information content (AvgIpc) is 3.03. The zero-order valence-electron chi connectivity index (χ0n) is 11.7. The maximum absolute atomic E-state index is 12.7. The van der Waals surface area contributed by atoms with Crippen LogP contribution in [0.3, 0.4) is 0 Å². The van der Waals surface area contributed by atoms with E-state index in [1.807, 2.05) is 0 Å².